The summed E-state index contributed by atoms with van der Waals surface area (Å²) in [5.41, 5.74) is 5.42. The number of aromatic nitrogens is 1. The highest BCUT2D eigenvalue weighted by atomic mass is 32.1. The average molecular weight is 390 g/mol. The van der Waals surface area contributed by atoms with Crippen LogP contribution in [0.1, 0.15) is 32.0 Å². The second-order valence-electron chi connectivity index (χ2n) is 6.41. The van der Waals surface area contributed by atoms with Crippen molar-refractivity contribution in [1.82, 2.24) is 4.98 Å². The molecule has 4 rings (SSSR count). The van der Waals surface area contributed by atoms with Gasteiger partial charge in [-0.05, 0) is 34.7 Å². The molecule has 5 nitrogen and oxygen atoms in total. The molecule has 1 heterocycles. The largest absolute Gasteiger partial charge is 0.453 e. The van der Waals surface area contributed by atoms with E-state index in [1.807, 2.05) is 24.3 Å². The minimum Gasteiger partial charge on any atom is -0.453 e. The highest BCUT2D eigenvalue weighted by Crippen LogP contribution is 2.36. The van der Waals surface area contributed by atoms with Gasteiger partial charge in [0.1, 0.15) is 0 Å². The summed E-state index contributed by atoms with van der Waals surface area (Å²) in [6.07, 6.45) is 2.58. The van der Waals surface area contributed by atoms with Gasteiger partial charge < -0.3 is 10.1 Å². The number of anilines is 1. The standard InChI is InChI=1S/C22H18N2O3S/c1-2-9-23-22-24-19(13-28-22)21(26)27-12-20(25)16-8-7-15-10-14-5-3-4-6-17(14)18(15)11-16/h2-8,11,13H,1,9-10,12H2,(H,23,24). The molecule has 2 aromatic carbocycles. The zero-order valence-electron chi connectivity index (χ0n) is 15.1. The molecule has 0 unspecified atom stereocenters. The Kier molecular flexibility index (Phi) is 5.04. The summed E-state index contributed by atoms with van der Waals surface area (Å²) < 4.78 is 5.16. The van der Waals surface area contributed by atoms with Gasteiger partial charge >= 0.3 is 5.97 Å². The first kappa shape index (κ1) is 18.1. The molecule has 0 atom stereocenters. The molecule has 1 aliphatic rings. The van der Waals surface area contributed by atoms with Crippen LogP contribution in [0.15, 0.2) is 60.5 Å². The summed E-state index contributed by atoms with van der Waals surface area (Å²) in [6.45, 7) is 3.86. The number of hydrogen-bond donors (Lipinski definition) is 1. The molecule has 0 saturated carbocycles. The molecular formula is C22H18N2O3S. The molecule has 6 heteroatoms. The third kappa shape index (κ3) is 3.59. The van der Waals surface area contributed by atoms with Gasteiger partial charge in [0.05, 0.1) is 0 Å². The van der Waals surface area contributed by atoms with Crippen molar-refractivity contribution < 1.29 is 14.3 Å². The lowest BCUT2D eigenvalue weighted by molar-refractivity contribution is 0.0470. The number of fused-ring (bicyclic) bond motifs is 3. The Labute approximate surface area is 166 Å². The molecule has 0 amide bonds. The molecule has 0 saturated heterocycles. The number of carbonyl (C=O) groups excluding carboxylic acids is 2. The minimum absolute atomic E-state index is 0.187. The van der Waals surface area contributed by atoms with Crippen LogP contribution in [-0.2, 0) is 11.2 Å². The van der Waals surface area contributed by atoms with Gasteiger partial charge in [-0.25, -0.2) is 9.78 Å². The quantitative estimate of drug-likeness (QED) is 0.289. The maximum atomic E-state index is 12.5. The van der Waals surface area contributed by atoms with Gasteiger partial charge in [-0.3, -0.25) is 4.79 Å². The molecule has 0 aliphatic heterocycles. The SMILES string of the molecule is C=CCNc1nc(C(=O)OCC(=O)c2ccc3c(c2)-c2ccccc2C3)cs1. The van der Waals surface area contributed by atoms with Crippen LogP contribution in [0, 0.1) is 0 Å². The fourth-order valence-electron chi connectivity index (χ4n) is 3.19. The van der Waals surface area contributed by atoms with E-state index in [2.05, 4.69) is 29.0 Å². The lowest BCUT2D eigenvalue weighted by atomic mass is 10.0. The monoisotopic (exact) mass is 390 g/mol. The van der Waals surface area contributed by atoms with Gasteiger partial charge in [0.25, 0.3) is 0 Å². The Balaban J connectivity index is 1.42. The third-order valence-electron chi connectivity index (χ3n) is 4.57. The second kappa shape index (κ2) is 7.78. The van der Waals surface area contributed by atoms with Crippen molar-refractivity contribution in [1.29, 1.82) is 0 Å². The molecule has 3 aromatic rings. The van der Waals surface area contributed by atoms with Crippen LogP contribution in [0.2, 0.25) is 0 Å². The normalized spacial score (nSPS) is 11.4. The van der Waals surface area contributed by atoms with Gasteiger partial charge in [0.2, 0.25) is 0 Å². The average Bonchev–Trinajstić information content (AvgIpc) is 3.34. The number of nitrogens with one attached hydrogen (secondary N) is 1. The first-order valence-electron chi connectivity index (χ1n) is 8.87. The zero-order valence-corrected chi connectivity index (χ0v) is 15.9. The number of carbonyl (C=O) groups is 2. The fourth-order valence-corrected chi connectivity index (χ4v) is 3.88. The van der Waals surface area contributed by atoms with Crippen LogP contribution < -0.4 is 5.32 Å². The number of Topliss-reactive ketones (excluding diaryl/α,β-unsaturated/α-hetero) is 1. The summed E-state index contributed by atoms with van der Waals surface area (Å²) in [5, 5.41) is 5.22. The Morgan fingerprint density at radius 2 is 2.00 bits per heavy atom. The maximum absolute atomic E-state index is 12.5. The maximum Gasteiger partial charge on any atom is 0.358 e. The van der Waals surface area contributed by atoms with Gasteiger partial charge in [-0.1, -0.05) is 42.5 Å². The van der Waals surface area contributed by atoms with E-state index in [9.17, 15) is 9.59 Å². The van der Waals surface area contributed by atoms with E-state index in [1.165, 1.54) is 22.5 Å². The fraction of sp³-hybridized carbons (Fsp3) is 0.136. The van der Waals surface area contributed by atoms with Gasteiger partial charge in [0.15, 0.2) is 23.2 Å². The molecule has 0 bridgehead atoms. The summed E-state index contributed by atoms with van der Waals surface area (Å²) in [4.78, 5) is 28.8. The summed E-state index contributed by atoms with van der Waals surface area (Å²) >= 11 is 1.30. The topological polar surface area (TPSA) is 68.3 Å². The lowest BCUT2D eigenvalue weighted by Crippen LogP contribution is -2.14. The molecule has 1 N–H and O–H groups in total. The van der Waals surface area contributed by atoms with E-state index in [-0.39, 0.29) is 18.1 Å². The first-order chi connectivity index (χ1) is 13.7. The number of hydrogen-bond acceptors (Lipinski definition) is 6. The van der Waals surface area contributed by atoms with Gasteiger partial charge in [0, 0.05) is 17.5 Å². The van der Waals surface area contributed by atoms with E-state index < -0.39 is 5.97 Å². The zero-order chi connectivity index (χ0) is 19.5. The Morgan fingerprint density at radius 3 is 2.86 bits per heavy atom. The number of nitrogens with zero attached hydrogens (tertiary/aromatic N) is 1. The van der Waals surface area contributed by atoms with Gasteiger partial charge in [-0.2, -0.15) is 0 Å². The highest BCUT2D eigenvalue weighted by molar-refractivity contribution is 7.13. The van der Waals surface area contributed by atoms with Crippen molar-refractivity contribution in [3.63, 3.8) is 0 Å². The van der Waals surface area contributed by atoms with Crippen LogP contribution in [-0.4, -0.2) is 29.9 Å². The van der Waals surface area contributed by atoms with Crippen LogP contribution in [0.5, 0.6) is 0 Å². The molecule has 0 radical (unpaired) electrons. The number of ketones is 1. The molecular weight excluding hydrogens is 372 g/mol. The number of esters is 1. The molecule has 0 spiro atoms. The van der Waals surface area contributed by atoms with Crippen molar-refractivity contribution in [3.05, 3.63) is 82.9 Å². The lowest BCUT2D eigenvalue weighted by Gasteiger charge is -2.06. The van der Waals surface area contributed by atoms with Crippen LogP contribution >= 0.6 is 11.3 Å². The van der Waals surface area contributed by atoms with Crippen molar-refractivity contribution in [3.8, 4) is 11.1 Å². The van der Waals surface area contributed by atoms with Gasteiger partial charge in [-0.15, -0.1) is 17.9 Å². The highest BCUT2D eigenvalue weighted by Gasteiger charge is 2.20. The van der Waals surface area contributed by atoms with E-state index in [1.54, 1.807) is 17.5 Å². The van der Waals surface area contributed by atoms with Crippen molar-refractivity contribution in [2.75, 3.05) is 18.5 Å². The molecule has 0 fully saturated rings. The van der Waals surface area contributed by atoms with E-state index in [4.69, 9.17) is 4.74 Å². The molecule has 1 aromatic heterocycles. The Bertz CT molecular complexity index is 1070. The first-order valence-corrected chi connectivity index (χ1v) is 9.75. The number of thiazole rings is 1. The second-order valence-corrected chi connectivity index (χ2v) is 7.27. The third-order valence-corrected chi connectivity index (χ3v) is 5.37. The molecule has 28 heavy (non-hydrogen) atoms. The van der Waals surface area contributed by atoms with Crippen molar-refractivity contribution in [2.45, 2.75) is 6.42 Å². The van der Waals surface area contributed by atoms with E-state index in [0.717, 1.165) is 17.5 Å². The number of benzene rings is 2. The smallest absolute Gasteiger partial charge is 0.358 e. The number of ether oxygens (including phenoxy) is 1. The molecule has 140 valence electrons. The van der Waals surface area contributed by atoms with Crippen LogP contribution in [0.25, 0.3) is 11.1 Å². The van der Waals surface area contributed by atoms with E-state index in [0.29, 0.717) is 17.2 Å². The van der Waals surface area contributed by atoms with Crippen molar-refractivity contribution >= 4 is 28.2 Å². The van der Waals surface area contributed by atoms with Crippen LogP contribution in [0.4, 0.5) is 5.13 Å². The minimum atomic E-state index is -0.609. The van der Waals surface area contributed by atoms with E-state index >= 15 is 0 Å². The summed E-state index contributed by atoms with van der Waals surface area (Å²) in [7, 11) is 0. The Morgan fingerprint density at radius 1 is 1.18 bits per heavy atom. The Hall–Kier alpha value is -3.25. The summed E-state index contributed by atoms with van der Waals surface area (Å²) in [5.74, 6) is -0.844. The van der Waals surface area contributed by atoms with Crippen LogP contribution in [0.3, 0.4) is 0 Å². The van der Waals surface area contributed by atoms with Crippen molar-refractivity contribution in [2.24, 2.45) is 0 Å². The summed E-state index contributed by atoms with van der Waals surface area (Å²) in [6, 6.07) is 13.8. The predicted molar refractivity (Wildman–Crippen MR) is 110 cm³/mol. The number of rotatable bonds is 7. The predicted octanol–water partition coefficient (Wildman–Crippen LogP) is 4.35. The molecule has 1 aliphatic carbocycles.